The topological polar surface area (TPSA) is 49.8 Å². The van der Waals surface area contributed by atoms with Gasteiger partial charge in [0.15, 0.2) is 11.5 Å². The van der Waals surface area contributed by atoms with Gasteiger partial charge in [0.2, 0.25) is 11.8 Å². The second-order valence-electron chi connectivity index (χ2n) is 6.06. The Hall–Kier alpha value is -3.47. The van der Waals surface area contributed by atoms with Gasteiger partial charge in [-0.15, -0.1) is 0 Å². The van der Waals surface area contributed by atoms with Gasteiger partial charge in [0, 0.05) is 12.1 Å². The monoisotopic (exact) mass is 377 g/mol. The summed E-state index contributed by atoms with van der Waals surface area (Å²) in [5, 5.41) is 0. The molecule has 144 valence electrons. The number of ether oxygens (including phenoxy) is 4. The number of nitrogens with zero attached hydrogens (tertiary/aromatic N) is 1. The van der Waals surface area contributed by atoms with Crippen molar-refractivity contribution >= 4 is 5.57 Å². The highest BCUT2D eigenvalue weighted by Gasteiger charge is 2.12. The highest BCUT2D eigenvalue weighted by molar-refractivity contribution is 5.80. The molecule has 0 saturated heterocycles. The molecule has 0 atom stereocenters. The van der Waals surface area contributed by atoms with E-state index in [1.165, 1.54) is 0 Å². The van der Waals surface area contributed by atoms with E-state index < -0.39 is 0 Å². The van der Waals surface area contributed by atoms with Gasteiger partial charge < -0.3 is 18.9 Å². The third-order valence-corrected chi connectivity index (χ3v) is 4.29. The minimum atomic E-state index is 0.448. The van der Waals surface area contributed by atoms with Gasteiger partial charge in [0.25, 0.3) is 0 Å². The van der Waals surface area contributed by atoms with E-state index >= 15 is 0 Å². The van der Waals surface area contributed by atoms with Crippen LogP contribution < -0.4 is 18.9 Å². The number of benzene rings is 2. The summed E-state index contributed by atoms with van der Waals surface area (Å²) in [6, 6.07) is 19.4. The van der Waals surface area contributed by atoms with Gasteiger partial charge in [-0.25, -0.2) is 0 Å². The SMILES string of the molecule is C=C(c1cc(OC)nc(OC)c1)c1ccc(OC)c(OCc2ccccc2)c1. The van der Waals surface area contributed by atoms with Crippen LogP contribution >= 0.6 is 0 Å². The number of rotatable bonds is 8. The maximum atomic E-state index is 6.00. The van der Waals surface area contributed by atoms with Crippen LogP contribution in [0.15, 0.2) is 67.2 Å². The average Bonchev–Trinajstić information content (AvgIpc) is 2.77. The number of hydrogen-bond acceptors (Lipinski definition) is 5. The van der Waals surface area contributed by atoms with Gasteiger partial charge >= 0.3 is 0 Å². The second kappa shape index (κ2) is 8.95. The Labute approximate surface area is 165 Å². The third-order valence-electron chi connectivity index (χ3n) is 4.29. The first-order valence-electron chi connectivity index (χ1n) is 8.79. The predicted molar refractivity (Wildman–Crippen MR) is 109 cm³/mol. The van der Waals surface area contributed by atoms with Crippen molar-refractivity contribution in [3.63, 3.8) is 0 Å². The zero-order valence-electron chi connectivity index (χ0n) is 16.3. The van der Waals surface area contributed by atoms with Crippen LogP contribution in [0.4, 0.5) is 0 Å². The fourth-order valence-electron chi connectivity index (χ4n) is 2.74. The largest absolute Gasteiger partial charge is 0.493 e. The molecule has 0 bridgehead atoms. The molecular formula is C23H23NO4. The van der Waals surface area contributed by atoms with Gasteiger partial charge in [0.05, 0.1) is 21.3 Å². The van der Waals surface area contributed by atoms with Crippen LogP contribution in [0.25, 0.3) is 5.57 Å². The van der Waals surface area contributed by atoms with Gasteiger partial charge in [-0.05, 0) is 34.4 Å². The fourth-order valence-corrected chi connectivity index (χ4v) is 2.74. The second-order valence-corrected chi connectivity index (χ2v) is 6.06. The van der Waals surface area contributed by atoms with Crippen LogP contribution in [0.1, 0.15) is 16.7 Å². The first kappa shape index (κ1) is 19.3. The minimum Gasteiger partial charge on any atom is -0.493 e. The van der Waals surface area contributed by atoms with E-state index in [1.807, 2.05) is 60.7 Å². The standard InChI is InChI=1S/C23H23NO4/c1-16(19-13-22(26-3)24-23(14-19)27-4)18-10-11-20(25-2)21(12-18)28-15-17-8-6-5-7-9-17/h5-14H,1,15H2,2-4H3. The lowest BCUT2D eigenvalue weighted by Gasteiger charge is -2.14. The Balaban J connectivity index is 1.89. The molecular weight excluding hydrogens is 354 g/mol. The van der Waals surface area contributed by atoms with Gasteiger partial charge in [-0.2, -0.15) is 4.98 Å². The van der Waals surface area contributed by atoms with Crippen LogP contribution in [0.5, 0.6) is 23.3 Å². The lowest BCUT2D eigenvalue weighted by atomic mass is 10.00. The highest BCUT2D eigenvalue weighted by Crippen LogP contribution is 2.34. The Morgan fingerprint density at radius 1 is 0.786 bits per heavy atom. The van der Waals surface area contributed by atoms with Crippen LogP contribution in [-0.4, -0.2) is 26.3 Å². The van der Waals surface area contributed by atoms with Crippen molar-refractivity contribution in [2.45, 2.75) is 6.61 Å². The molecule has 5 nitrogen and oxygen atoms in total. The van der Waals surface area contributed by atoms with Crippen molar-refractivity contribution in [3.05, 3.63) is 83.9 Å². The van der Waals surface area contributed by atoms with Gasteiger partial charge in [-0.3, -0.25) is 0 Å². The Bertz CT molecular complexity index is 932. The summed E-state index contributed by atoms with van der Waals surface area (Å²) in [7, 11) is 4.76. The average molecular weight is 377 g/mol. The highest BCUT2D eigenvalue weighted by atomic mass is 16.5. The zero-order chi connectivity index (χ0) is 19.9. The molecule has 0 fully saturated rings. The molecule has 5 heteroatoms. The van der Waals surface area contributed by atoms with Gasteiger partial charge in [-0.1, -0.05) is 43.0 Å². The summed E-state index contributed by atoms with van der Waals surface area (Å²) >= 11 is 0. The minimum absolute atomic E-state index is 0.448. The summed E-state index contributed by atoms with van der Waals surface area (Å²) in [5.41, 5.74) is 3.63. The Morgan fingerprint density at radius 2 is 1.46 bits per heavy atom. The molecule has 28 heavy (non-hydrogen) atoms. The predicted octanol–water partition coefficient (Wildman–Crippen LogP) is 4.75. The smallest absolute Gasteiger partial charge is 0.216 e. The summed E-state index contributed by atoms with van der Waals surface area (Å²) in [5.74, 6) is 2.24. The van der Waals surface area contributed by atoms with Crippen molar-refractivity contribution in [2.24, 2.45) is 0 Å². The van der Waals surface area contributed by atoms with Crippen molar-refractivity contribution in [2.75, 3.05) is 21.3 Å². The Morgan fingerprint density at radius 3 is 2.07 bits per heavy atom. The van der Waals surface area contributed by atoms with Crippen molar-refractivity contribution in [1.82, 2.24) is 4.98 Å². The number of hydrogen-bond donors (Lipinski definition) is 0. The van der Waals surface area contributed by atoms with Crippen LogP contribution in [-0.2, 0) is 6.61 Å². The molecule has 0 N–H and O–H groups in total. The lowest BCUT2D eigenvalue weighted by Crippen LogP contribution is -1.99. The first-order valence-corrected chi connectivity index (χ1v) is 8.79. The number of aromatic nitrogens is 1. The summed E-state index contributed by atoms with van der Waals surface area (Å²) < 4.78 is 22.0. The van der Waals surface area contributed by atoms with E-state index in [4.69, 9.17) is 18.9 Å². The Kier molecular flexibility index (Phi) is 6.17. The summed E-state index contributed by atoms with van der Waals surface area (Å²) in [4.78, 5) is 4.22. The van der Waals surface area contributed by atoms with E-state index in [0.29, 0.717) is 29.9 Å². The molecule has 1 aromatic heterocycles. The molecule has 3 aromatic rings. The molecule has 0 spiro atoms. The summed E-state index contributed by atoms with van der Waals surface area (Å²) in [6.45, 7) is 4.67. The van der Waals surface area contributed by atoms with Gasteiger partial charge in [0.1, 0.15) is 6.61 Å². The van der Waals surface area contributed by atoms with Crippen LogP contribution in [0.3, 0.4) is 0 Å². The molecule has 0 radical (unpaired) electrons. The number of methoxy groups -OCH3 is 3. The van der Waals surface area contributed by atoms with Crippen molar-refractivity contribution < 1.29 is 18.9 Å². The third kappa shape index (κ3) is 4.43. The molecule has 3 rings (SSSR count). The molecule has 0 aliphatic heterocycles. The van der Waals surface area contributed by atoms with Crippen molar-refractivity contribution in [1.29, 1.82) is 0 Å². The molecule has 0 aliphatic carbocycles. The zero-order valence-corrected chi connectivity index (χ0v) is 16.3. The van der Waals surface area contributed by atoms with E-state index in [2.05, 4.69) is 11.6 Å². The summed E-state index contributed by atoms with van der Waals surface area (Å²) in [6.07, 6.45) is 0. The van der Waals surface area contributed by atoms with Crippen LogP contribution in [0, 0.1) is 0 Å². The molecule has 0 aliphatic rings. The first-order chi connectivity index (χ1) is 13.6. The maximum absolute atomic E-state index is 6.00. The number of pyridine rings is 1. The molecule has 0 saturated carbocycles. The molecule has 1 heterocycles. The molecule has 0 unspecified atom stereocenters. The van der Waals surface area contributed by atoms with Crippen molar-refractivity contribution in [3.8, 4) is 23.3 Å². The lowest BCUT2D eigenvalue weighted by molar-refractivity contribution is 0.284. The van der Waals surface area contributed by atoms with E-state index in [9.17, 15) is 0 Å². The van der Waals surface area contributed by atoms with E-state index in [0.717, 1.165) is 22.3 Å². The van der Waals surface area contributed by atoms with Crippen LogP contribution in [0.2, 0.25) is 0 Å². The van der Waals surface area contributed by atoms with E-state index in [-0.39, 0.29) is 0 Å². The molecule has 2 aromatic carbocycles. The molecule has 0 amide bonds. The quantitative estimate of drug-likeness (QED) is 0.567. The van der Waals surface area contributed by atoms with E-state index in [1.54, 1.807) is 21.3 Å². The maximum Gasteiger partial charge on any atom is 0.216 e. The normalized spacial score (nSPS) is 10.2. The fraction of sp³-hybridized carbons (Fsp3) is 0.174.